The van der Waals surface area contributed by atoms with Crippen LogP contribution in [0.3, 0.4) is 0 Å². The van der Waals surface area contributed by atoms with Crippen molar-refractivity contribution < 1.29 is 23.7 Å². The lowest BCUT2D eigenvalue weighted by molar-refractivity contribution is -0.0805. The highest BCUT2D eigenvalue weighted by molar-refractivity contribution is 4.66. The Morgan fingerprint density at radius 1 is 1.44 bits per heavy atom. The van der Waals surface area contributed by atoms with Gasteiger partial charge in [0, 0.05) is 0 Å². The highest BCUT2D eigenvalue weighted by Crippen LogP contribution is 2.11. The van der Waals surface area contributed by atoms with Crippen LogP contribution in [0.5, 0.6) is 0 Å². The number of hydrogen-bond donors (Lipinski definition) is 0. The maximum Gasteiger partial charge on any atom is 0.155 e. The summed E-state index contributed by atoms with van der Waals surface area (Å²) in [6.45, 7) is 13.3. The lowest BCUT2D eigenvalue weighted by atomic mass is 10.4. The molecule has 1 aliphatic heterocycles. The maximum absolute atomic E-state index is 5.52. The molecule has 0 saturated carbocycles. The fraction of sp³-hybridized carbons (Fsp3) is 0.769. The summed E-state index contributed by atoms with van der Waals surface area (Å²) in [6, 6.07) is 0. The number of hydrogen-bond acceptors (Lipinski definition) is 5. The molecule has 0 aliphatic carbocycles. The van der Waals surface area contributed by atoms with Crippen LogP contribution in [0.15, 0.2) is 12.7 Å². The first-order valence-corrected chi connectivity index (χ1v) is 6.11. The van der Waals surface area contributed by atoms with E-state index in [0.29, 0.717) is 33.0 Å². The van der Waals surface area contributed by atoms with Crippen molar-refractivity contribution in [1.29, 1.82) is 0 Å². The van der Waals surface area contributed by atoms with Gasteiger partial charge in [-0.05, 0) is 13.8 Å². The molecule has 5 heteroatoms. The van der Waals surface area contributed by atoms with Crippen molar-refractivity contribution in [2.45, 2.75) is 25.4 Å². The van der Waals surface area contributed by atoms with E-state index in [0.717, 1.165) is 0 Å². The highest BCUT2D eigenvalue weighted by atomic mass is 16.7. The molecule has 0 N–H and O–H groups in total. The predicted octanol–water partition coefficient (Wildman–Crippen LogP) is 1.06. The summed E-state index contributed by atoms with van der Waals surface area (Å²) in [5.74, 6) is 0. The van der Waals surface area contributed by atoms with Gasteiger partial charge in [-0.25, -0.2) is 0 Å². The lowest BCUT2D eigenvalue weighted by Crippen LogP contribution is -2.28. The van der Waals surface area contributed by atoms with Crippen LogP contribution >= 0.6 is 0 Å². The summed E-state index contributed by atoms with van der Waals surface area (Å²) in [6.07, 6.45) is 1.36. The first kappa shape index (κ1) is 15.6. The largest absolute Gasteiger partial charge is 0.376 e. The molecule has 1 saturated heterocycles. The van der Waals surface area contributed by atoms with Crippen LogP contribution in [0.1, 0.15) is 6.92 Å². The van der Waals surface area contributed by atoms with E-state index >= 15 is 0 Å². The van der Waals surface area contributed by atoms with E-state index in [9.17, 15) is 0 Å². The van der Waals surface area contributed by atoms with Crippen LogP contribution in [0.25, 0.3) is 0 Å². The Morgan fingerprint density at radius 2 is 2.22 bits per heavy atom. The molecule has 1 heterocycles. The highest BCUT2D eigenvalue weighted by Gasteiger charge is 2.22. The minimum absolute atomic E-state index is 0.00683. The minimum Gasteiger partial charge on any atom is -0.376 e. The smallest absolute Gasteiger partial charge is 0.155 e. The summed E-state index contributed by atoms with van der Waals surface area (Å²) < 4.78 is 26.8. The molecule has 0 aromatic heterocycles. The van der Waals surface area contributed by atoms with Gasteiger partial charge in [0.1, 0.15) is 12.2 Å². The summed E-state index contributed by atoms with van der Waals surface area (Å²) in [5.41, 5.74) is 0. The fourth-order valence-corrected chi connectivity index (χ4v) is 1.57. The van der Waals surface area contributed by atoms with Crippen LogP contribution in [0.2, 0.25) is 0 Å². The van der Waals surface area contributed by atoms with Crippen LogP contribution in [-0.4, -0.2) is 58.1 Å². The molecule has 3 atom stereocenters. The lowest BCUT2D eigenvalue weighted by Gasteiger charge is -2.18. The quantitative estimate of drug-likeness (QED) is 0.433. The molecule has 104 valence electrons. The maximum atomic E-state index is 5.52. The topological polar surface area (TPSA) is 46.2 Å². The van der Waals surface area contributed by atoms with Crippen molar-refractivity contribution in [2.24, 2.45) is 0 Å². The minimum atomic E-state index is -0.172. The normalized spacial score (nSPS) is 25.2. The van der Waals surface area contributed by atoms with Gasteiger partial charge in [0.15, 0.2) is 6.29 Å². The monoisotopic (exact) mass is 258 g/mol. The van der Waals surface area contributed by atoms with Gasteiger partial charge in [-0.2, -0.15) is 0 Å². The first-order valence-electron chi connectivity index (χ1n) is 6.11. The van der Waals surface area contributed by atoms with E-state index in [1.807, 2.05) is 6.92 Å². The van der Waals surface area contributed by atoms with Crippen molar-refractivity contribution in [3.8, 4) is 0 Å². The SMILES string of the molecule is [CH]COC(COCC=C)COCC1COC(C)O1. The molecule has 1 fully saturated rings. The molecule has 3 unspecified atom stereocenters. The molecule has 0 bridgehead atoms. The Hall–Kier alpha value is -0.460. The Labute approximate surface area is 109 Å². The van der Waals surface area contributed by atoms with Gasteiger partial charge >= 0.3 is 0 Å². The molecule has 0 aromatic carbocycles. The molecule has 18 heavy (non-hydrogen) atoms. The molecule has 2 radical (unpaired) electrons. The van der Waals surface area contributed by atoms with E-state index in [1.165, 1.54) is 0 Å². The summed E-state index contributed by atoms with van der Waals surface area (Å²) in [4.78, 5) is 0. The van der Waals surface area contributed by atoms with Gasteiger partial charge in [0.2, 0.25) is 0 Å². The van der Waals surface area contributed by atoms with Crippen molar-refractivity contribution in [3.63, 3.8) is 0 Å². The number of rotatable bonds is 10. The van der Waals surface area contributed by atoms with Gasteiger partial charge in [0.05, 0.1) is 39.6 Å². The van der Waals surface area contributed by atoms with Crippen molar-refractivity contribution in [2.75, 3.05) is 39.6 Å². The van der Waals surface area contributed by atoms with Gasteiger partial charge in [0.25, 0.3) is 0 Å². The molecular formula is C13H22O5. The molecule has 0 spiro atoms. The number of ether oxygens (including phenoxy) is 5. The summed E-state index contributed by atoms with van der Waals surface area (Å²) >= 11 is 0. The third-order valence-electron chi connectivity index (χ3n) is 2.38. The molecule has 1 rings (SSSR count). The Kier molecular flexibility index (Phi) is 8.20. The summed E-state index contributed by atoms with van der Waals surface area (Å²) in [5, 5.41) is 0. The molecule has 5 nitrogen and oxygen atoms in total. The van der Waals surface area contributed by atoms with Gasteiger partial charge in [-0.15, -0.1) is 6.58 Å². The van der Waals surface area contributed by atoms with Crippen LogP contribution < -0.4 is 0 Å². The van der Waals surface area contributed by atoms with Crippen molar-refractivity contribution >= 4 is 0 Å². The summed E-state index contributed by atoms with van der Waals surface area (Å²) in [7, 11) is 0. The zero-order chi connectivity index (χ0) is 13.2. The molecule has 0 aromatic rings. The second-order valence-electron chi connectivity index (χ2n) is 3.98. The van der Waals surface area contributed by atoms with E-state index in [4.69, 9.17) is 30.6 Å². The predicted molar refractivity (Wildman–Crippen MR) is 66.2 cm³/mol. The van der Waals surface area contributed by atoms with Gasteiger partial charge < -0.3 is 23.7 Å². The zero-order valence-corrected chi connectivity index (χ0v) is 10.9. The van der Waals surface area contributed by atoms with E-state index in [2.05, 4.69) is 6.58 Å². The fourth-order valence-electron chi connectivity index (χ4n) is 1.57. The van der Waals surface area contributed by atoms with Crippen molar-refractivity contribution in [3.05, 3.63) is 19.6 Å². The molecular weight excluding hydrogens is 236 g/mol. The van der Waals surface area contributed by atoms with E-state index in [1.54, 1.807) is 6.08 Å². The Morgan fingerprint density at radius 3 is 2.83 bits per heavy atom. The zero-order valence-electron chi connectivity index (χ0n) is 10.9. The van der Waals surface area contributed by atoms with Crippen LogP contribution in [0.4, 0.5) is 0 Å². The second-order valence-corrected chi connectivity index (χ2v) is 3.98. The second kappa shape index (κ2) is 9.47. The third kappa shape index (κ3) is 6.47. The average molecular weight is 258 g/mol. The van der Waals surface area contributed by atoms with Gasteiger partial charge in [-0.3, -0.25) is 0 Å². The van der Waals surface area contributed by atoms with E-state index in [-0.39, 0.29) is 25.1 Å². The van der Waals surface area contributed by atoms with E-state index < -0.39 is 0 Å². The average Bonchev–Trinajstić information content (AvgIpc) is 2.75. The first-order chi connectivity index (χ1) is 8.76. The Bertz CT molecular complexity index is 221. The third-order valence-corrected chi connectivity index (χ3v) is 2.38. The Balaban J connectivity index is 2.10. The van der Waals surface area contributed by atoms with Gasteiger partial charge in [-0.1, -0.05) is 6.08 Å². The standard InChI is InChI=1S/C13H22O5/c1-4-6-14-7-12(16-5-2)8-15-9-13-10-17-11(3)18-13/h2,4,11-13H,1,5-10H2,3H3. The van der Waals surface area contributed by atoms with Crippen LogP contribution in [-0.2, 0) is 23.7 Å². The van der Waals surface area contributed by atoms with Crippen molar-refractivity contribution in [1.82, 2.24) is 0 Å². The van der Waals surface area contributed by atoms with Crippen LogP contribution in [0, 0.1) is 6.92 Å². The molecule has 0 amide bonds. The molecule has 1 aliphatic rings.